The Morgan fingerprint density at radius 3 is 2.92 bits per heavy atom. The molecule has 0 saturated carbocycles. The molecular weight excluding hydrogens is 214 g/mol. The van der Waals surface area contributed by atoms with Gasteiger partial charge in [0.2, 0.25) is 0 Å². The summed E-state index contributed by atoms with van der Waals surface area (Å²) in [7, 11) is 0. The van der Waals surface area contributed by atoms with Gasteiger partial charge in [0.25, 0.3) is 0 Å². The molecule has 0 heterocycles. The first-order chi connectivity index (χ1) is 5.81. The van der Waals surface area contributed by atoms with E-state index in [0.29, 0.717) is 0 Å². The number of hydrogen-bond donors (Lipinski definition) is 1. The van der Waals surface area contributed by atoms with E-state index in [2.05, 4.69) is 27.8 Å². The Labute approximate surface area is 82.7 Å². The third-order valence-corrected chi connectivity index (χ3v) is 1.69. The van der Waals surface area contributed by atoms with Gasteiger partial charge in [-0.25, -0.2) is 0 Å². The third kappa shape index (κ3) is 7.35. The van der Waals surface area contributed by atoms with E-state index in [4.69, 9.17) is 0 Å². The molecule has 0 rings (SSSR count). The maximum Gasteiger partial charge on any atom is 0.0328 e. The predicted octanol–water partition coefficient (Wildman–Crippen LogP) is 3.13. The highest BCUT2D eigenvalue weighted by Gasteiger charge is 1.75. The van der Waals surface area contributed by atoms with Crippen molar-refractivity contribution in [3.8, 4) is 0 Å². The van der Waals surface area contributed by atoms with Gasteiger partial charge in [0.1, 0.15) is 0 Å². The van der Waals surface area contributed by atoms with Crippen LogP contribution in [0.15, 0.2) is 47.6 Å². The van der Waals surface area contributed by atoms with Crippen LogP contribution in [-0.2, 0) is 0 Å². The van der Waals surface area contributed by atoms with Gasteiger partial charge in [-0.1, -0.05) is 46.8 Å². The van der Waals surface area contributed by atoms with E-state index in [9.17, 15) is 0 Å². The molecule has 0 aromatic heterocycles. The van der Waals surface area contributed by atoms with Crippen molar-refractivity contribution in [2.24, 2.45) is 0 Å². The van der Waals surface area contributed by atoms with Crippen LogP contribution < -0.4 is 5.32 Å². The summed E-state index contributed by atoms with van der Waals surface area (Å²) in [5, 5.41) is 3.09. The van der Waals surface area contributed by atoms with Crippen LogP contribution in [0.4, 0.5) is 0 Å². The van der Waals surface area contributed by atoms with Crippen molar-refractivity contribution >= 4 is 15.9 Å². The molecule has 0 bridgehead atoms. The zero-order valence-electron chi connectivity index (χ0n) is 7.26. The Bertz CT molecular complexity index is 202. The monoisotopic (exact) mass is 227 g/mol. The van der Waals surface area contributed by atoms with Crippen LogP contribution in [0.5, 0.6) is 0 Å². The van der Waals surface area contributed by atoms with Crippen LogP contribution in [0.1, 0.15) is 6.92 Å². The van der Waals surface area contributed by atoms with Gasteiger partial charge in [0.15, 0.2) is 0 Å². The highest BCUT2D eigenvalue weighted by atomic mass is 79.9. The Morgan fingerprint density at radius 2 is 2.33 bits per heavy atom. The molecule has 0 spiro atoms. The van der Waals surface area contributed by atoms with E-state index in [1.54, 1.807) is 6.08 Å². The highest BCUT2D eigenvalue weighted by Crippen LogP contribution is 2.04. The largest absolute Gasteiger partial charge is 0.388 e. The minimum atomic E-state index is 0.845. The average molecular weight is 228 g/mol. The molecule has 0 amide bonds. The van der Waals surface area contributed by atoms with Gasteiger partial charge in [-0.3, -0.25) is 0 Å². The van der Waals surface area contributed by atoms with Gasteiger partial charge >= 0.3 is 0 Å². The summed E-state index contributed by atoms with van der Waals surface area (Å²) in [6.07, 6.45) is 11.6. The van der Waals surface area contributed by atoms with Crippen molar-refractivity contribution in [1.29, 1.82) is 0 Å². The molecule has 0 aliphatic heterocycles. The number of halogens is 1. The number of allylic oxidation sites excluding steroid dienone is 5. The van der Waals surface area contributed by atoms with Crippen molar-refractivity contribution in [3.63, 3.8) is 0 Å². The van der Waals surface area contributed by atoms with Crippen molar-refractivity contribution in [3.05, 3.63) is 47.6 Å². The van der Waals surface area contributed by atoms with Crippen molar-refractivity contribution in [2.45, 2.75) is 6.92 Å². The minimum absolute atomic E-state index is 0.845. The Kier molecular flexibility index (Phi) is 7.81. The lowest BCUT2D eigenvalue weighted by molar-refractivity contribution is 0.983. The van der Waals surface area contributed by atoms with E-state index in [0.717, 1.165) is 11.0 Å². The predicted molar refractivity (Wildman–Crippen MR) is 59.2 cm³/mol. The minimum Gasteiger partial charge on any atom is -0.388 e. The Morgan fingerprint density at radius 1 is 1.58 bits per heavy atom. The summed E-state index contributed by atoms with van der Waals surface area (Å²) in [5.74, 6) is 0. The fourth-order valence-electron chi connectivity index (χ4n) is 0.550. The Hall–Kier alpha value is -0.760. The molecule has 0 aliphatic rings. The zero-order chi connectivity index (χ0) is 9.23. The van der Waals surface area contributed by atoms with Gasteiger partial charge in [-0.15, -0.1) is 0 Å². The van der Waals surface area contributed by atoms with E-state index in [1.165, 1.54) is 0 Å². The fourth-order valence-corrected chi connectivity index (χ4v) is 0.703. The smallest absolute Gasteiger partial charge is 0.0328 e. The van der Waals surface area contributed by atoms with Crippen molar-refractivity contribution < 1.29 is 0 Å². The van der Waals surface area contributed by atoms with E-state index < -0.39 is 0 Å². The maximum absolute atomic E-state index is 3.61. The van der Waals surface area contributed by atoms with Crippen LogP contribution in [0, 0.1) is 0 Å². The molecule has 1 nitrogen and oxygen atoms in total. The van der Waals surface area contributed by atoms with E-state index in [1.807, 2.05) is 37.4 Å². The molecular formula is C10H14BrN. The summed E-state index contributed by atoms with van der Waals surface area (Å²) in [4.78, 5) is 0. The van der Waals surface area contributed by atoms with Crippen molar-refractivity contribution in [1.82, 2.24) is 5.32 Å². The molecule has 0 atom stereocenters. The summed E-state index contributed by atoms with van der Waals surface area (Å²) in [6, 6.07) is 0. The fraction of sp³-hybridized carbons (Fsp3) is 0.200. The van der Waals surface area contributed by atoms with Crippen LogP contribution in [0.25, 0.3) is 0 Å². The van der Waals surface area contributed by atoms with Gasteiger partial charge in [-0.05, 0) is 19.2 Å². The molecule has 0 unspecified atom stereocenters. The number of nitrogens with one attached hydrogen (secondary N) is 1. The molecule has 0 aromatic rings. The topological polar surface area (TPSA) is 12.0 Å². The summed E-state index contributed by atoms with van der Waals surface area (Å²) < 4.78 is 0.991. The molecule has 0 radical (unpaired) electrons. The number of rotatable bonds is 5. The molecule has 2 heteroatoms. The van der Waals surface area contributed by atoms with E-state index >= 15 is 0 Å². The second kappa shape index (κ2) is 8.34. The SMILES string of the molecule is C=C/C(Br)=C\C=C\CN/C=C/C. The lowest BCUT2D eigenvalue weighted by Crippen LogP contribution is -2.02. The van der Waals surface area contributed by atoms with Crippen LogP contribution >= 0.6 is 15.9 Å². The first-order valence-electron chi connectivity index (χ1n) is 3.80. The maximum atomic E-state index is 3.61. The summed E-state index contributed by atoms with van der Waals surface area (Å²) in [5.41, 5.74) is 0. The standard InChI is InChI=1S/C10H14BrN/c1-3-8-12-9-6-5-7-10(11)4-2/h3-8,12H,2,9H2,1H3/b6-5+,8-3+,10-7+. The highest BCUT2D eigenvalue weighted by molar-refractivity contribution is 9.11. The van der Waals surface area contributed by atoms with Gasteiger partial charge in [0.05, 0.1) is 0 Å². The molecule has 0 aliphatic carbocycles. The molecule has 0 saturated heterocycles. The second-order valence-electron chi connectivity index (χ2n) is 2.09. The van der Waals surface area contributed by atoms with Crippen molar-refractivity contribution in [2.75, 3.05) is 6.54 Å². The van der Waals surface area contributed by atoms with Gasteiger partial charge in [0, 0.05) is 11.0 Å². The van der Waals surface area contributed by atoms with Crippen LogP contribution in [-0.4, -0.2) is 6.54 Å². The molecule has 66 valence electrons. The summed E-state index contributed by atoms with van der Waals surface area (Å²) in [6.45, 7) is 6.44. The average Bonchev–Trinajstić information content (AvgIpc) is 2.10. The lowest BCUT2D eigenvalue weighted by Gasteiger charge is -1.90. The quantitative estimate of drug-likeness (QED) is 0.563. The molecule has 1 N–H and O–H groups in total. The second-order valence-corrected chi connectivity index (χ2v) is 3.01. The first kappa shape index (κ1) is 11.2. The van der Waals surface area contributed by atoms with Crippen LogP contribution in [0.2, 0.25) is 0 Å². The third-order valence-electron chi connectivity index (χ3n) is 1.11. The van der Waals surface area contributed by atoms with Gasteiger partial charge in [-0.2, -0.15) is 0 Å². The van der Waals surface area contributed by atoms with E-state index in [-0.39, 0.29) is 0 Å². The lowest BCUT2D eigenvalue weighted by atomic mass is 10.4. The van der Waals surface area contributed by atoms with Gasteiger partial charge < -0.3 is 5.32 Å². The Balaban J connectivity index is 3.56. The first-order valence-corrected chi connectivity index (χ1v) is 4.60. The normalized spacial score (nSPS) is 12.7. The molecule has 0 fully saturated rings. The van der Waals surface area contributed by atoms with Crippen LogP contribution in [0.3, 0.4) is 0 Å². The summed E-state index contributed by atoms with van der Waals surface area (Å²) >= 11 is 3.32. The molecule has 0 aromatic carbocycles. The molecule has 12 heavy (non-hydrogen) atoms. The zero-order valence-corrected chi connectivity index (χ0v) is 8.84. The number of hydrogen-bond acceptors (Lipinski definition) is 1.